The Kier molecular flexibility index (Phi) is 4.60. The lowest BCUT2D eigenvalue weighted by Gasteiger charge is -2.27. The van der Waals surface area contributed by atoms with Crippen LogP contribution in [0.2, 0.25) is 0 Å². The molecule has 5 nitrogen and oxygen atoms in total. The standard InChI is InChI=1S/C16H24N2O3/c1-16(2,3)18-15(19)17-9-11-8-12-6-5-7-13(20-4)14(12)21-10-11/h5-7,11H,8-10H2,1-4H3,(H2,17,18,19). The molecule has 0 fully saturated rings. The van der Waals surface area contributed by atoms with E-state index in [1.807, 2.05) is 39.0 Å². The molecule has 116 valence electrons. The second-order valence-corrected chi connectivity index (χ2v) is 6.41. The topological polar surface area (TPSA) is 59.6 Å². The average Bonchev–Trinajstić information content (AvgIpc) is 2.42. The van der Waals surface area contributed by atoms with Crippen LogP contribution >= 0.6 is 0 Å². The van der Waals surface area contributed by atoms with Crippen molar-refractivity contribution < 1.29 is 14.3 Å². The third kappa shape index (κ3) is 4.28. The van der Waals surface area contributed by atoms with E-state index in [-0.39, 0.29) is 17.5 Å². The van der Waals surface area contributed by atoms with Gasteiger partial charge in [-0.1, -0.05) is 12.1 Å². The molecule has 0 aromatic heterocycles. The number of ether oxygens (including phenoxy) is 2. The first-order chi connectivity index (χ1) is 9.89. The average molecular weight is 292 g/mol. The molecule has 0 aliphatic carbocycles. The number of carbonyl (C=O) groups is 1. The zero-order chi connectivity index (χ0) is 15.5. The highest BCUT2D eigenvalue weighted by atomic mass is 16.5. The van der Waals surface area contributed by atoms with Crippen molar-refractivity contribution in [3.05, 3.63) is 23.8 Å². The summed E-state index contributed by atoms with van der Waals surface area (Å²) in [6.07, 6.45) is 0.877. The van der Waals surface area contributed by atoms with Crippen molar-refractivity contribution in [3.8, 4) is 11.5 Å². The number of hydrogen-bond donors (Lipinski definition) is 2. The van der Waals surface area contributed by atoms with Crippen LogP contribution in [0, 0.1) is 5.92 Å². The zero-order valence-electron chi connectivity index (χ0n) is 13.2. The Hall–Kier alpha value is -1.91. The first-order valence-electron chi connectivity index (χ1n) is 7.24. The van der Waals surface area contributed by atoms with Gasteiger partial charge in [0.05, 0.1) is 13.7 Å². The van der Waals surface area contributed by atoms with Crippen molar-refractivity contribution in [2.75, 3.05) is 20.3 Å². The van der Waals surface area contributed by atoms with Crippen LogP contribution in [-0.4, -0.2) is 31.8 Å². The summed E-state index contributed by atoms with van der Waals surface area (Å²) in [6, 6.07) is 5.76. The van der Waals surface area contributed by atoms with Crippen molar-refractivity contribution in [1.29, 1.82) is 0 Å². The lowest BCUT2D eigenvalue weighted by atomic mass is 9.96. The van der Waals surface area contributed by atoms with Gasteiger partial charge in [0.1, 0.15) is 0 Å². The minimum absolute atomic E-state index is 0.140. The molecule has 1 aromatic rings. The molecule has 1 unspecified atom stereocenters. The maximum atomic E-state index is 11.8. The lowest BCUT2D eigenvalue weighted by molar-refractivity contribution is 0.202. The van der Waals surface area contributed by atoms with E-state index in [2.05, 4.69) is 10.6 Å². The number of rotatable bonds is 3. The molecule has 2 amide bonds. The van der Waals surface area contributed by atoms with Gasteiger partial charge in [-0.15, -0.1) is 0 Å². The molecule has 2 rings (SSSR count). The van der Waals surface area contributed by atoms with Crippen molar-refractivity contribution in [2.45, 2.75) is 32.7 Å². The molecular formula is C16H24N2O3. The maximum absolute atomic E-state index is 11.8. The summed E-state index contributed by atoms with van der Waals surface area (Å²) in [7, 11) is 1.64. The molecule has 0 saturated heterocycles. The predicted molar refractivity (Wildman–Crippen MR) is 82.0 cm³/mol. The molecule has 1 aliphatic rings. The minimum Gasteiger partial charge on any atom is -0.493 e. The van der Waals surface area contributed by atoms with Crippen LogP contribution in [0.1, 0.15) is 26.3 Å². The van der Waals surface area contributed by atoms with Gasteiger partial charge in [-0.05, 0) is 38.8 Å². The highest BCUT2D eigenvalue weighted by Gasteiger charge is 2.23. The molecular weight excluding hydrogens is 268 g/mol. The van der Waals surface area contributed by atoms with Gasteiger partial charge in [-0.25, -0.2) is 4.79 Å². The largest absolute Gasteiger partial charge is 0.493 e. The van der Waals surface area contributed by atoms with Gasteiger partial charge in [0.25, 0.3) is 0 Å². The SMILES string of the molecule is COc1cccc2c1OCC(CNC(=O)NC(C)(C)C)C2. The molecule has 1 heterocycles. The highest BCUT2D eigenvalue weighted by Crippen LogP contribution is 2.35. The third-order valence-electron chi connectivity index (χ3n) is 3.29. The number of nitrogens with one attached hydrogen (secondary N) is 2. The van der Waals surface area contributed by atoms with Crippen LogP contribution in [-0.2, 0) is 6.42 Å². The van der Waals surface area contributed by atoms with Gasteiger partial charge in [-0.2, -0.15) is 0 Å². The van der Waals surface area contributed by atoms with Gasteiger partial charge < -0.3 is 20.1 Å². The second kappa shape index (κ2) is 6.24. The van der Waals surface area contributed by atoms with Crippen LogP contribution in [0.25, 0.3) is 0 Å². The van der Waals surface area contributed by atoms with E-state index in [4.69, 9.17) is 9.47 Å². The first kappa shape index (κ1) is 15.5. The lowest BCUT2D eigenvalue weighted by Crippen LogP contribution is -2.48. The van der Waals surface area contributed by atoms with Crippen LogP contribution in [0.4, 0.5) is 4.79 Å². The van der Waals surface area contributed by atoms with Crippen molar-refractivity contribution in [1.82, 2.24) is 10.6 Å². The summed E-state index contributed by atoms with van der Waals surface area (Å²) >= 11 is 0. The van der Waals surface area contributed by atoms with Gasteiger partial charge in [0, 0.05) is 18.0 Å². The third-order valence-corrected chi connectivity index (χ3v) is 3.29. The van der Waals surface area contributed by atoms with Crippen LogP contribution in [0.5, 0.6) is 11.5 Å². The van der Waals surface area contributed by atoms with Crippen molar-refractivity contribution >= 4 is 6.03 Å². The number of methoxy groups -OCH3 is 1. The monoisotopic (exact) mass is 292 g/mol. The Morgan fingerprint density at radius 3 is 2.86 bits per heavy atom. The number of fused-ring (bicyclic) bond motifs is 1. The quantitative estimate of drug-likeness (QED) is 0.899. The summed E-state index contributed by atoms with van der Waals surface area (Å²) in [6.45, 7) is 7.05. The van der Waals surface area contributed by atoms with Crippen LogP contribution < -0.4 is 20.1 Å². The highest BCUT2D eigenvalue weighted by molar-refractivity contribution is 5.74. The van der Waals surface area contributed by atoms with Gasteiger partial charge in [0.15, 0.2) is 11.5 Å². The van der Waals surface area contributed by atoms with E-state index in [1.54, 1.807) is 7.11 Å². The molecule has 1 aromatic carbocycles. The second-order valence-electron chi connectivity index (χ2n) is 6.41. The fourth-order valence-corrected chi connectivity index (χ4v) is 2.37. The molecule has 5 heteroatoms. The van der Waals surface area contributed by atoms with Crippen molar-refractivity contribution in [2.24, 2.45) is 5.92 Å². The van der Waals surface area contributed by atoms with E-state index in [9.17, 15) is 4.79 Å². The van der Waals surface area contributed by atoms with Gasteiger partial charge in [-0.3, -0.25) is 0 Å². The molecule has 1 aliphatic heterocycles. The number of para-hydroxylation sites is 1. The van der Waals surface area contributed by atoms with E-state index < -0.39 is 0 Å². The molecule has 0 spiro atoms. The Morgan fingerprint density at radius 2 is 2.19 bits per heavy atom. The van der Waals surface area contributed by atoms with E-state index in [0.29, 0.717) is 13.2 Å². The fourth-order valence-electron chi connectivity index (χ4n) is 2.37. The molecule has 0 radical (unpaired) electrons. The summed E-state index contributed by atoms with van der Waals surface area (Å²) in [4.78, 5) is 11.8. The molecule has 0 saturated carbocycles. The van der Waals surface area contributed by atoms with E-state index >= 15 is 0 Å². The van der Waals surface area contributed by atoms with Crippen LogP contribution in [0.15, 0.2) is 18.2 Å². The van der Waals surface area contributed by atoms with E-state index in [0.717, 1.165) is 23.5 Å². The van der Waals surface area contributed by atoms with E-state index in [1.165, 1.54) is 0 Å². The number of hydrogen-bond acceptors (Lipinski definition) is 3. The number of amides is 2. The number of carbonyl (C=O) groups excluding carboxylic acids is 1. The minimum atomic E-state index is -0.229. The molecule has 2 N–H and O–H groups in total. The predicted octanol–water partition coefficient (Wildman–Crippen LogP) is 2.34. The Bertz CT molecular complexity index is 509. The Balaban J connectivity index is 1.89. The molecule has 1 atom stereocenters. The summed E-state index contributed by atoms with van der Waals surface area (Å²) < 4.78 is 11.1. The summed E-state index contributed by atoms with van der Waals surface area (Å²) in [5.41, 5.74) is 0.899. The number of benzene rings is 1. The fraction of sp³-hybridized carbons (Fsp3) is 0.562. The molecule has 21 heavy (non-hydrogen) atoms. The van der Waals surface area contributed by atoms with Gasteiger partial charge in [0.2, 0.25) is 0 Å². The smallest absolute Gasteiger partial charge is 0.315 e. The van der Waals surface area contributed by atoms with Gasteiger partial charge >= 0.3 is 6.03 Å². The zero-order valence-corrected chi connectivity index (χ0v) is 13.2. The summed E-state index contributed by atoms with van der Waals surface area (Å²) in [5, 5.41) is 5.79. The summed E-state index contributed by atoms with van der Waals surface area (Å²) in [5.74, 6) is 1.87. The normalized spacial score (nSPS) is 17.4. The molecule has 0 bridgehead atoms. The number of urea groups is 1. The van der Waals surface area contributed by atoms with Crippen LogP contribution in [0.3, 0.4) is 0 Å². The first-order valence-corrected chi connectivity index (χ1v) is 7.24. The Morgan fingerprint density at radius 1 is 1.43 bits per heavy atom. The van der Waals surface area contributed by atoms with Crippen molar-refractivity contribution in [3.63, 3.8) is 0 Å². The Labute approximate surface area is 126 Å². The maximum Gasteiger partial charge on any atom is 0.315 e.